The fraction of sp³-hybridized carbons (Fsp3) is 0.800. The Bertz CT molecular complexity index is 315. The maximum absolute atomic E-state index is 12.5. The molecule has 0 bridgehead atoms. The minimum absolute atomic E-state index is 0.312. The number of hydrogen-bond acceptors (Lipinski definition) is 3. The first-order valence-electron chi connectivity index (χ1n) is 5.09. The molecule has 0 radical (unpaired) electrons. The molecular weight excluding hydrogens is 255 g/mol. The van der Waals surface area contributed by atoms with Crippen LogP contribution < -0.4 is 5.32 Å². The van der Waals surface area contributed by atoms with E-state index >= 15 is 0 Å². The van der Waals surface area contributed by atoms with Crippen molar-refractivity contribution in [3.63, 3.8) is 0 Å². The summed E-state index contributed by atoms with van der Waals surface area (Å²) in [6, 6.07) is -1.36. The molecule has 2 N–H and O–H groups in total. The van der Waals surface area contributed by atoms with Crippen molar-refractivity contribution in [1.29, 1.82) is 0 Å². The van der Waals surface area contributed by atoms with E-state index in [1.165, 1.54) is 7.11 Å². The minimum Gasteiger partial charge on any atom is -0.480 e. The number of halogens is 3. The fourth-order valence-corrected chi connectivity index (χ4v) is 1.09. The molecule has 1 amide bonds. The maximum atomic E-state index is 12.5. The molecule has 0 aromatic rings. The lowest BCUT2D eigenvalue weighted by atomic mass is 9.88. The molecule has 0 aromatic heterocycles. The van der Waals surface area contributed by atoms with Crippen LogP contribution in [0.15, 0.2) is 0 Å². The zero-order chi connectivity index (χ0) is 14.6. The summed E-state index contributed by atoms with van der Waals surface area (Å²) in [6.45, 7) is 1.44. The standard InChI is InChI=1S/C10H16F3NO4/c1-9(2,10(11,12)13)4-7(15)14-6(5-18-3)8(16)17/h6H,4-5H2,1-3H3,(H,14,15)(H,16,17). The first-order chi connectivity index (χ1) is 8.01. The van der Waals surface area contributed by atoms with Crippen molar-refractivity contribution in [2.45, 2.75) is 32.5 Å². The van der Waals surface area contributed by atoms with Crippen LogP contribution in [0, 0.1) is 5.41 Å². The highest BCUT2D eigenvalue weighted by atomic mass is 19.4. The second kappa shape index (κ2) is 6.03. The van der Waals surface area contributed by atoms with E-state index in [2.05, 4.69) is 4.74 Å². The van der Waals surface area contributed by atoms with Gasteiger partial charge in [0.2, 0.25) is 5.91 Å². The molecule has 8 heteroatoms. The number of nitrogens with one attached hydrogen (secondary N) is 1. The zero-order valence-electron chi connectivity index (χ0n) is 10.3. The van der Waals surface area contributed by atoms with Crippen LogP contribution in [0.1, 0.15) is 20.3 Å². The minimum atomic E-state index is -4.54. The maximum Gasteiger partial charge on any atom is 0.394 e. The van der Waals surface area contributed by atoms with Crippen LogP contribution in [0.25, 0.3) is 0 Å². The molecule has 0 rings (SSSR count). The third-order valence-electron chi connectivity index (χ3n) is 2.34. The number of methoxy groups -OCH3 is 1. The largest absolute Gasteiger partial charge is 0.480 e. The van der Waals surface area contributed by atoms with E-state index in [-0.39, 0.29) is 6.61 Å². The lowest BCUT2D eigenvalue weighted by molar-refractivity contribution is -0.213. The molecule has 1 atom stereocenters. The molecule has 0 saturated heterocycles. The number of hydrogen-bond donors (Lipinski definition) is 2. The van der Waals surface area contributed by atoms with Gasteiger partial charge in [0.25, 0.3) is 0 Å². The molecular formula is C10H16F3NO4. The Kier molecular flexibility index (Phi) is 5.59. The Morgan fingerprint density at radius 1 is 1.33 bits per heavy atom. The molecule has 0 aromatic carbocycles. The Morgan fingerprint density at radius 3 is 2.17 bits per heavy atom. The van der Waals surface area contributed by atoms with E-state index < -0.39 is 35.9 Å². The topological polar surface area (TPSA) is 75.6 Å². The molecule has 0 aliphatic heterocycles. The van der Waals surface area contributed by atoms with E-state index in [0.717, 1.165) is 13.8 Å². The number of carbonyl (C=O) groups excluding carboxylic acids is 1. The first kappa shape index (κ1) is 16.7. The number of ether oxygens (including phenoxy) is 1. The predicted molar refractivity (Wildman–Crippen MR) is 55.9 cm³/mol. The molecule has 0 aliphatic carbocycles. The number of carbonyl (C=O) groups is 2. The number of carboxylic acid groups (broad SMARTS) is 1. The van der Waals surface area contributed by atoms with Gasteiger partial charge >= 0.3 is 12.1 Å². The Morgan fingerprint density at radius 2 is 1.83 bits per heavy atom. The van der Waals surface area contributed by atoms with E-state index in [1.54, 1.807) is 0 Å². The Hall–Kier alpha value is -1.31. The zero-order valence-corrected chi connectivity index (χ0v) is 10.3. The summed E-state index contributed by atoms with van der Waals surface area (Å²) in [5, 5.41) is 10.7. The molecule has 0 spiro atoms. The fourth-order valence-electron chi connectivity index (χ4n) is 1.09. The Balaban J connectivity index is 4.55. The molecule has 106 valence electrons. The van der Waals surface area contributed by atoms with Gasteiger partial charge in [-0.25, -0.2) is 4.79 Å². The quantitative estimate of drug-likeness (QED) is 0.760. The third kappa shape index (κ3) is 4.91. The Labute approximate surface area is 102 Å². The summed E-state index contributed by atoms with van der Waals surface area (Å²) in [6.07, 6.45) is -5.38. The summed E-state index contributed by atoms with van der Waals surface area (Å²) in [5.74, 6) is -2.35. The van der Waals surface area contributed by atoms with Gasteiger partial charge in [-0.15, -0.1) is 0 Å². The summed E-state index contributed by atoms with van der Waals surface area (Å²) in [7, 11) is 1.22. The van der Waals surface area contributed by atoms with Crippen LogP contribution in [0.2, 0.25) is 0 Å². The van der Waals surface area contributed by atoms with Gasteiger partial charge in [0.15, 0.2) is 6.04 Å². The average Bonchev–Trinajstić information content (AvgIpc) is 2.13. The number of amides is 1. The van der Waals surface area contributed by atoms with Crippen molar-refractivity contribution >= 4 is 11.9 Å². The number of aliphatic carboxylic acids is 1. The van der Waals surface area contributed by atoms with Crippen LogP contribution in [0.3, 0.4) is 0 Å². The summed E-state index contributed by atoms with van der Waals surface area (Å²) < 4.78 is 42.1. The van der Waals surface area contributed by atoms with Crippen LogP contribution in [-0.4, -0.2) is 42.9 Å². The van der Waals surface area contributed by atoms with Crippen molar-refractivity contribution < 1.29 is 32.6 Å². The first-order valence-corrected chi connectivity index (χ1v) is 5.09. The molecule has 0 fully saturated rings. The number of alkyl halides is 3. The van der Waals surface area contributed by atoms with Crippen molar-refractivity contribution in [3.05, 3.63) is 0 Å². The number of rotatable bonds is 6. The van der Waals surface area contributed by atoms with Crippen LogP contribution in [0.5, 0.6) is 0 Å². The van der Waals surface area contributed by atoms with Crippen molar-refractivity contribution in [2.24, 2.45) is 5.41 Å². The normalized spacial score (nSPS) is 14.1. The van der Waals surface area contributed by atoms with Gasteiger partial charge in [-0.3, -0.25) is 4.79 Å². The van der Waals surface area contributed by atoms with Gasteiger partial charge in [-0.1, -0.05) is 13.8 Å². The van der Waals surface area contributed by atoms with Gasteiger partial charge in [0.1, 0.15) is 0 Å². The second-order valence-electron chi connectivity index (χ2n) is 4.47. The van der Waals surface area contributed by atoms with E-state index in [0.29, 0.717) is 0 Å². The molecule has 5 nitrogen and oxygen atoms in total. The van der Waals surface area contributed by atoms with Gasteiger partial charge in [-0.05, 0) is 0 Å². The second-order valence-corrected chi connectivity index (χ2v) is 4.47. The summed E-state index contributed by atoms with van der Waals surface area (Å²) in [4.78, 5) is 22.0. The highest BCUT2D eigenvalue weighted by Crippen LogP contribution is 2.40. The van der Waals surface area contributed by atoms with Gasteiger partial charge < -0.3 is 15.2 Å². The average molecular weight is 271 g/mol. The number of carboxylic acids is 1. The summed E-state index contributed by atoms with van der Waals surface area (Å²) >= 11 is 0. The highest BCUT2D eigenvalue weighted by Gasteiger charge is 2.48. The van der Waals surface area contributed by atoms with E-state index in [4.69, 9.17) is 5.11 Å². The van der Waals surface area contributed by atoms with Gasteiger partial charge in [0.05, 0.1) is 12.0 Å². The van der Waals surface area contributed by atoms with E-state index in [9.17, 15) is 22.8 Å². The monoisotopic (exact) mass is 271 g/mol. The third-order valence-corrected chi connectivity index (χ3v) is 2.34. The molecule has 0 saturated carbocycles. The molecule has 0 aliphatic rings. The van der Waals surface area contributed by atoms with Crippen LogP contribution in [-0.2, 0) is 14.3 Å². The van der Waals surface area contributed by atoms with Crippen molar-refractivity contribution in [2.75, 3.05) is 13.7 Å². The predicted octanol–water partition coefficient (Wildman–Crippen LogP) is 1.18. The van der Waals surface area contributed by atoms with Crippen LogP contribution in [0.4, 0.5) is 13.2 Å². The molecule has 18 heavy (non-hydrogen) atoms. The molecule has 1 unspecified atom stereocenters. The van der Waals surface area contributed by atoms with Gasteiger partial charge in [-0.2, -0.15) is 13.2 Å². The summed E-state index contributed by atoms with van der Waals surface area (Å²) in [5.41, 5.74) is -2.22. The van der Waals surface area contributed by atoms with Crippen LogP contribution >= 0.6 is 0 Å². The van der Waals surface area contributed by atoms with Gasteiger partial charge in [0, 0.05) is 13.5 Å². The SMILES string of the molecule is COCC(NC(=O)CC(C)(C)C(F)(F)F)C(=O)O. The smallest absolute Gasteiger partial charge is 0.394 e. The lowest BCUT2D eigenvalue weighted by Crippen LogP contribution is -2.46. The lowest BCUT2D eigenvalue weighted by Gasteiger charge is -2.27. The molecule has 0 heterocycles. The van der Waals surface area contributed by atoms with Crippen molar-refractivity contribution in [1.82, 2.24) is 5.32 Å². The van der Waals surface area contributed by atoms with Crippen molar-refractivity contribution in [3.8, 4) is 0 Å². The highest BCUT2D eigenvalue weighted by molar-refractivity contribution is 5.84. The van der Waals surface area contributed by atoms with E-state index in [1.807, 2.05) is 5.32 Å².